The third-order valence-corrected chi connectivity index (χ3v) is 7.91. The lowest BCUT2D eigenvalue weighted by atomic mass is 10.1. The molecule has 1 aliphatic heterocycles. The summed E-state index contributed by atoms with van der Waals surface area (Å²) in [6.45, 7) is 2.10. The van der Waals surface area contributed by atoms with Crippen molar-refractivity contribution in [2.75, 3.05) is 4.90 Å². The number of hydrogen-bond donors (Lipinski definition) is 0. The van der Waals surface area contributed by atoms with E-state index in [9.17, 15) is 18.8 Å². The van der Waals surface area contributed by atoms with Crippen LogP contribution in [-0.2, 0) is 16.1 Å². The first-order valence-corrected chi connectivity index (χ1v) is 13.5. The molecule has 1 saturated heterocycles. The Balaban J connectivity index is 1.28. The summed E-state index contributed by atoms with van der Waals surface area (Å²) < 4.78 is 14.6. The molecule has 1 unspecified atom stereocenters. The van der Waals surface area contributed by atoms with Crippen molar-refractivity contribution in [1.29, 1.82) is 0 Å². The Bertz CT molecular complexity index is 1740. The Morgan fingerprint density at radius 3 is 2.55 bits per heavy atom. The van der Waals surface area contributed by atoms with E-state index < -0.39 is 29.6 Å². The fraction of sp³-hybridized carbons (Fsp3) is 0.129. The Morgan fingerprint density at radius 2 is 1.82 bits per heavy atom. The smallest absolute Gasteiger partial charge is 0.257 e. The number of rotatable bonds is 6. The van der Waals surface area contributed by atoms with Gasteiger partial charge in [-0.25, -0.2) is 14.3 Å². The zero-order valence-corrected chi connectivity index (χ0v) is 22.3. The first-order valence-electron chi connectivity index (χ1n) is 12.7. The number of amides is 3. The van der Waals surface area contributed by atoms with E-state index in [1.165, 1.54) is 29.2 Å². The highest BCUT2D eigenvalue weighted by Crippen LogP contribution is 2.33. The number of aromatic nitrogens is 2. The quantitative estimate of drug-likeness (QED) is 0.250. The van der Waals surface area contributed by atoms with Crippen molar-refractivity contribution in [3.8, 4) is 10.6 Å². The third kappa shape index (κ3) is 4.87. The van der Waals surface area contributed by atoms with Crippen LogP contribution in [0.25, 0.3) is 20.8 Å². The van der Waals surface area contributed by atoms with Crippen LogP contribution in [0.4, 0.5) is 10.1 Å². The highest BCUT2D eigenvalue weighted by atomic mass is 32.1. The van der Waals surface area contributed by atoms with E-state index >= 15 is 0 Å². The lowest BCUT2D eigenvalue weighted by molar-refractivity contribution is -0.122. The van der Waals surface area contributed by atoms with Crippen LogP contribution in [0.2, 0.25) is 0 Å². The van der Waals surface area contributed by atoms with Crippen molar-refractivity contribution < 1.29 is 18.8 Å². The van der Waals surface area contributed by atoms with E-state index in [0.717, 1.165) is 31.3 Å². The van der Waals surface area contributed by atoms with Crippen LogP contribution in [0, 0.1) is 12.7 Å². The van der Waals surface area contributed by atoms with Crippen LogP contribution in [0.1, 0.15) is 27.9 Å². The zero-order chi connectivity index (χ0) is 27.8. The van der Waals surface area contributed by atoms with Crippen molar-refractivity contribution in [2.45, 2.75) is 25.9 Å². The number of pyridine rings is 1. The van der Waals surface area contributed by atoms with Gasteiger partial charge in [-0.3, -0.25) is 19.4 Å². The molecule has 3 heterocycles. The van der Waals surface area contributed by atoms with E-state index in [-0.39, 0.29) is 18.5 Å². The number of carbonyl (C=O) groups excluding carboxylic acids is 3. The summed E-state index contributed by atoms with van der Waals surface area (Å²) in [5, 5.41) is 0.844. The van der Waals surface area contributed by atoms with Gasteiger partial charge in [0.1, 0.15) is 16.9 Å². The van der Waals surface area contributed by atoms with Gasteiger partial charge in [0, 0.05) is 30.1 Å². The van der Waals surface area contributed by atoms with Crippen molar-refractivity contribution in [3.63, 3.8) is 0 Å². The molecule has 40 heavy (non-hydrogen) atoms. The van der Waals surface area contributed by atoms with Gasteiger partial charge in [-0.2, -0.15) is 0 Å². The molecular weight excluding hydrogens is 527 g/mol. The molecule has 2 aromatic heterocycles. The predicted molar refractivity (Wildman–Crippen MR) is 151 cm³/mol. The standard InChI is InChI=1S/C31H23FN4O3S/c1-19-4-13-25-27(15-19)40-29(34-25)21-7-11-24(12-8-21)36-28(37)16-26(31(36)39)35(18-20-3-2-14-33-17-20)30(38)22-5-9-23(32)10-6-22/h2-15,17,26H,16,18H2,1H3. The SMILES string of the molecule is Cc1ccc2nc(-c3ccc(N4C(=O)CC(N(Cc5cccnc5)C(=O)c5ccc(F)cc5)C4=O)cc3)sc2c1. The molecule has 1 atom stereocenters. The molecule has 0 saturated carbocycles. The van der Waals surface area contributed by atoms with Crippen molar-refractivity contribution >= 4 is 45.0 Å². The number of halogens is 1. The molecule has 7 nitrogen and oxygen atoms in total. The molecule has 5 aromatic rings. The number of carbonyl (C=O) groups is 3. The lowest BCUT2D eigenvalue weighted by Gasteiger charge is -2.28. The molecule has 6 rings (SSSR count). The minimum atomic E-state index is -1.02. The summed E-state index contributed by atoms with van der Waals surface area (Å²) in [4.78, 5) is 51.7. The van der Waals surface area contributed by atoms with Gasteiger partial charge in [0.15, 0.2) is 0 Å². The minimum absolute atomic E-state index is 0.0671. The summed E-state index contributed by atoms with van der Waals surface area (Å²) in [5.74, 6) is -1.84. The van der Waals surface area contributed by atoms with Gasteiger partial charge in [0.05, 0.1) is 22.3 Å². The number of anilines is 1. The van der Waals surface area contributed by atoms with Gasteiger partial charge in [-0.1, -0.05) is 12.1 Å². The highest BCUT2D eigenvalue weighted by molar-refractivity contribution is 7.21. The second-order valence-electron chi connectivity index (χ2n) is 9.63. The second-order valence-corrected chi connectivity index (χ2v) is 10.7. The van der Waals surface area contributed by atoms with Gasteiger partial charge >= 0.3 is 0 Å². The van der Waals surface area contributed by atoms with Crippen LogP contribution in [-0.4, -0.2) is 38.6 Å². The van der Waals surface area contributed by atoms with Crippen LogP contribution in [0.3, 0.4) is 0 Å². The average molecular weight is 551 g/mol. The zero-order valence-electron chi connectivity index (χ0n) is 21.5. The monoisotopic (exact) mass is 550 g/mol. The number of hydrogen-bond acceptors (Lipinski definition) is 6. The maximum atomic E-state index is 13.7. The van der Waals surface area contributed by atoms with Crippen LogP contribution < -0.4 is 4.90 Å². The second kappa shape index (κ2) is 10.4. The minimum Gasteiger partial charge on any atom is -0.322 e. The number of benzene rings is 3. The van der Waals surface area contributed by atoms with E-state index in [2.05, 4.69) is 11.1 Å². The average Bonchev–Trinajstić information content (AvgIpc) is 3.52. The summed E-state index contributed by atoms with van der Waals surface area (Å²) in [6.07, 6.45) is 3.05. The normalized spacial score (nSPS) is 15.2. The Morgan fingerprint density at radius 1 is 1.05 bits per heavy atom. The van der Waals surface area contributed by atoms with E-state index in [1.807, 2.05) is 31.2 Å². The van der Waals surface area contributed by atoms with Gasteiger partial charge in [0.2, 0.25) is 5.91 Å². The molecule has 3 aromatic carbocycles. The highest BCUT2D eigenvalue weighted by Gasteiger charge is 2.44. The first kappa shape index (κ1) is 25.5. The van der Waals surface area contributed by atoms with E-state index in [1.54, 1.807) is 48.0 Å². The molecule has 1 fully saturated rings. The number of thiazole rings is 1. The maximum Gasteiger partial charge on any atom is 0.257 e. The van der Waals surface area contributed by atoms with Gasteiger partial charge in [-0.15, -0.1) is 11.3 Å². The van der Waals surface area contributed by atoms with Crippen molar-refractivity contribution in [3.05, 3.63) is 114 Å². The van der Waals surface area contributed by atoms with E-state index in [0.29, 0.717) is 11.3 Å². The van der Waals surface area contributed by atoms with Crippen LogP contribution in [0.5, 0.6) is 0 Å². The number of aryl methyl sites for hydroxylation is 1. The Labute approximate surface area is 233 Å². The molecule has 198 valence electrons. The van der Waals surface area contributed by atoms with Crippen LogP contribution in [0.15, 0.2) is 91.3 Å². The molecular formula is C31H23FN4O3S. The largest absolute Gasteiger partial charge is 0.322 e. The predicted octanol–water partition coefficient (Wildman–Crippen LogP) is 5.78. The molecule has 1 aliphatic rings. The summed E-state index contributed by atoms with van der Waals surface area (Å²) in [5.41, 5.74) is 4.30. The fourth-order valence-corrected chi connectivity index (χ4v) is 5.88. The van der Waals surface area contributed by atoms with E-state index in [4.69, 9.17) is 4.98 Å². The summed E-state index contributed by atoms with van der Waals surface area (Å²) >= 11 is 1.58. The Hall–Kier alpha value is -4.76. The molecule has 3 amide bonds. The first-order chi connectivity index (χ1) is 19.4. The number of fused-ring (bicyclic) bond motifs is 1. The third-order valence-electron chi connectivity index (χ3n) is 6.84. The Kier molecular flexibility index (Phi) is 6.65. The summed E-state index contributed by atoms with van der Waals surface area (Å²) in [7, 11) is 0. The van der Waals surface area contributed by atoms with Crippen LogP contribution >= 0.6 is 11.3 Å². The lowest BCUT2D eigenvalue weighted by Crippen LogP contribution is -2.45. The maximum absolute atomic E-state index is 13.7. The fourth-order valence-electron chi connectivity index (χ4n) is 4.81. The molecule has 0 N–H and O–H groups in total. The van der Waals surface area contributed by atoms with Crippen molar-refractivity contribution in [1.82, 2.24) is 14.9 Å². The van der Waals surface area contributed by atoms with Gasteiger partial charge < -0.3 is 4.90 Å². The summed E-state index contributed by atoms with van der Waals surface area (Å²) in [6, 6.07) is 20.9. The van der Waals surface area contributed by atoms with Crippen molar-refractivity contribution in [2.24, 2.45) is 0 Å². The molecule has 0 spiro atoms. The molecule has 0 radical (unpaired) electrons. The molecule has 9 heteroatoms. The topological polar surface area (TPSA) is 83.5 Å². The number of nitrogens with zero attached hydrogens (tertiary/aromatic N) is 4. The van der Waals surface area contributed by atoms with Gasteiger partial charge in [-0.05, 0) is 84.8 Å². The molecule has 0 aliphatic carbocycles. The molecule has 0 bridgehead atoms. The number of imide groups is 1. The van der Waals surface area contributed by atoms with Gasteiger partial charge in [0.25, 0.3) is 11.8 Å².